The summed E-state index contributed by atoms with van der Waals surface area (Å²) < 4.78 is 0. The van der Waals surface area contributed by atoms with Crippen LogP contribution in [0.2, 0.25) is 0 Å². The molecule has 1 nitrogen and oxygen atoms in total. The van der Waals surface area contributed by atoms with Crippen LogP contribution < -0.4 is 0 Å². The third kappa shape index (κ3) is 2.19. The lowest BCUT2D eigenvalue weighted by molar-refractivity contribution is 1.23. The van der Waals surface area contributed by atoms with Gasteiger partial charge in [0.2, 0.25) is 0 Å². The molecule has 2 rings (SSSR count). The molecular weight excluding hydrogens is 194 g/mol. The first-order valence-corrected chi connectivity index (χ1v) is 5.43. The van der Waals surface area contributed by atoms with Crippen LogP contribution in [0.25, 0.3) is 11.3 Å². The lowest BCUT2D eigenvalue weighted by atomic mass is 10.0. The molecule has 1 heteroatoms. The SMILES string of the molecule is C=CCc1ccccc1-c1ccc(C)cn1. The number of pyridine rings is 1. The van der Waals surface area contributed by atoms with E-state index in [1.165, 1.54) is 16.7 Å². The van der Waals surface area contributed by atoms with Gasteiger partial charge in [0.25, 0.3) is 0 Å². The number of nitrogens with zero attached hydrogens (tertiary/aromatic N) is 1. The smallest absolute Gasteiger partial charge is 0.0705 e. The van der Waals surface area contributed by atoms with E-state index in [4.69, 9.17) is 0 Å². The fourth-order valence-corrected chi connectivity index (χ4v) is 1.73. The van der Waals surface area contributed by atoms with E-state index in [2.05, 4.69) is 41.9 Å². The van der Waals surface area contributed by atoms with Gasteiger partial charge in [-0.05, 0) is 30.5 Å². The highest BCUT2D eigenvalue weighted by Crippen LogP contribution is 2.22. The molecule has 0 atom stereocenters. The quantitative estimate of drug-likeness (QED) is 0.701. The number of benzene rings is 1. The van der Waals surface area contributed by atoms with Crippen LogP contribution in [-0.2, 0) is 6.42 Å². The van der Waals surface area contributed by atoms with Gasteiger partial charge in [0.1, 0.15) is 0 Å². The Labute approximate surface area is 96.5 Å². The molecule has 0 N–H and O–H groups in total. The molecule has 0 spiro atoms. The van der Waals surface area contributed by atoms with Crippen LogP contribution in [-0.4, -0.2) is 4.98 Å². The average Bonchev–Trinajstić information content (AvgIpc) is 2.32. The van der Waals surface area contributed by atoms with Crippen molar-refractivity contribution in [3.63, 3.8) is 0 Å². The van der Waals surface area contributed by atoms with Gasteiger partial charge < -0.3 is 0 Å². The molecule has 1 aromatic heterocycles. The van der Waals surface area contributed by atoms with Crippen molar-refractivity contribution in [3.05, 3.63) is 66.4 Å². The number of aryl methyl sites for hydroxylation is 1. The third-order valence-electron chi connectivity index (χ3n) is 2.57. The van der Waals surface area contributed by atoms with E-state index in [1.807, 2.05) is 25.3 Å². The normalized spacial score (nSPS) is 10.1. The highest BCUT2D eigenvalue weighted by atomic mass is 14.7. The summed E-state index contributed by atoms with van der Waals surface area (Å²) in [5.41, 5.74) is 4.68. The Morgan fingerprint density at radius 2 is 2.00 bits per heavy atom. The number of hydrogen-bond donors (Lipinski definition) is 0. The van der Waals surface area contributed by atoms with E-state index >= 15 is 0 Å². The largest absolute Gasteiger partial charge is 0.256 e. The van der Waals surface area contributed by atoms with Crippen molar-refractivity contribution in [3.8, 4) is 11.3 Å². The van der Waals surface area contributed by atoms with Crippen molar-refractivity contribution in [2.45, 2.75) is 13.3 Å². The van der Waals surface area contributed by atoms with Crippen molar-refractivity contribution in [2.75, 3.05) is 0 Å². The molecular formula is C15H15N. The molecule has 0 saturated carbocycles. The highest BCUT2D eigenvalue weighted by Gasteiger charge is 2.03. The van der Waals surface area contributed by atoms with Crippen molar-refractivity contribution < 1.29 is 0 Å². The van der Waals surface area contributed by atoms with E-state index in [0.717, 1.165) is 12.1 Å². The van der Waals surface area contributed by atoms with Crippen molar-refractivity contribution in [1.29, 1.82) is 0 Å². The topological polar surface area (TPSA) is 12.9 Å². The fourth-order valence-electron chi connectivity index (χ4n) is 1.73. The zero-order chi connectivity index (χ0) is 11.4. The summed E-state index contributed by atoms with van der Waals surface area (Å²) in [5, 5.41) is 0. The first-order chi connectivity index (χ1) is 7.81. The molecule has 1 aromatic carbocycles. The Morgan fingerprint density at radius 1 is 1.19 bits per heavy atom. The predicted molar refractivity (Wildman–Crippen MR) is 68.3 cm³/mol. The zero-order valence-electron chi connectivity index (χ0n) is 9.48. The molecule has 80 valence electrons. The standard InChI is InChI=1S/C15H15N/c1-3-6-13-7-4-5-8-14(13)15-10-9-12(2)11-16-15/h3-5,7-11H,1,6H2,2H3. The van der Waals surface area contributed by atoms with E-state index in [9.17, 15) is 0 Å². The van der Waals surface area contributed by atoms with Crippen LogP contribution in [0.1, 0.15) is 11.1 Å². The van der Waals surface area contributed by atoms with Crippen molar-refractivity contribution >= 4 is 0 Å². The second kappa shape index (κ2) is 4.75. The molecule has 0 aliphatic carbocycles. The molecule has 0 aliphatic rings. The van der Waals surface area contributed by atoms with Gasteiger partial charge in [-0.3, -0.25) is 4.98 Å². The van der Waals surface area contributed by atoms with Crippen LogP contribution in [0.4, 0.5) is 0 Å². The maximum Gasteiger partial charge on any atom is 0.0705 e. The van der Waals surface area contributed by atoms with Crippen molar-refractivity contribution in [1.82, 2.24) is 4.98 Å². The minimum Gasteiger partial charge on any atom is -0.256 e. The Bertz CT molecular complexity index is 483. The lowest BCUT2D eigenvalue weighted by Gasteiger charge is -2.07. The molecule has 2 aromatic rings. The summed E-state index contributed by atoms with van der Waals surface area (Å²) in [6, 6.07) is 12.5. The van der Waals surface area contributed by atoms with Gasteiger partial charge in [0.15, 0.2) is 0 Å². The van der Waals surface area contributed by atoms with E-state index in [0.29, 0.717) is 0 Å². The Hall–Kier alpha value is -1.89. The van der Waals surface area contributed by atoms with Crippen molar-refractivity contribution in [2.24, 2.45) is 0 Å². The Balaban J connectivity index is 2.46. The number of hydrogen-bond acceptors (Lipinski definition) is 1. The van der Waals surface area contributed by atoms with Gasteiger partial charge in [0.05, 0.1) is 5.69 Å². The highest BCUT2D eigenvalue weighted by molar-refractivity contribution is 5.63. The van der Waals surface area contributed by atoms with Gasteiger partial charge in [-0.15, -0.1) is 6.58 Å². The van der Waals surface area contributed by atoms with Gasteiger partial charge in [-0.1, -0.05) is 36.4 Å². The van der Waals surface area contributed by atoms with Gasteiger partial charge in [-0.2, -0.15) is 0 Å². The summed E-state index contributed by atoms with van der Waals surface area (Å²) in [7, 11) is 0. The van der Waals surface area contributed by atoms with Crippen LogP contribution in [0, 0.1) is 6.92 Å². The molecule has 0 unspecified atom stereocenters. The number of aromatic nitrogens is 1. The average molecular weight is 209 g/mol. The second-order valence-electron chi connectivity index (χ2n) is 3.87. The Morgan fingerprint density at radius 3 is 2.69 bits per heavy atom. The summed E-state index contributed by atoms with van der Waals surface area (Å²) in [6.07, 6.45) is 4.71. The molecule has 0 amide bonds. The molecule has 0 bridgehead atoms. The number of rotatable bonds is 3. The third-order valence-corrected chi connectivity index (χ3v) is 2.57. The van der Waals surface area contributed by atoms with Gasteiger partial charge >= 0.3 is 0 Å². The van der Waals surface area contributed by atoms with Gasteiger partial charge in [0, 0.05) is 11.8 Å². The summed E-state index contributed by atoms with van der Waals surface area (Å²) in [5.74, 6) is 0. The van der Waals surface area contributed by atoms with Crippen LogP contribution in [0.3, 0.4) is 0 Å². The van der Waals surface area contributed by atoms with Crippen LogP contribution >= 0.6 is 0 Å². The predicted octanol–water partition coefficient (Wildman–Crippen LogP) is 3.79. The zero-order valence-corrected chi connectivity index (χ0v) is 9.48. The second-order valence-corrected chi connectivity index (χ2v) is 3.87. The van der Waals surface area contributed by atoms with E-state index in [-0.39, 0.29) is 0 Å². The minimum absolute atomic E-state index is 0.881. The summed E-state index contributed by atoms with van der Waals surface area (Å²) in [4.78, 5) is 4.46. The number of allylic oxidation sites excluding steroid dienone is 1. The molecule has 1 heterocycles. The van der Waals surface area contributed by atoms with Crippen LogP contribution in [0.15, 0.2) is 55.3 Å². The lowest BCUT2D eigenvalue weighted by Crippen LogP contribution is -1.90. The monoisotopic (exact) mass is 209 g/mol. The van der Waals surface area contributed by atoms with Gasteiger partial charge in [-0.25, -0.2) is 0 Å². The first-order valence-electron chi connectivity index (χ1n) is 5.43. The molecule has 0 fully saturated rings. The maximum absolute atomic E-state index is 4.46. The van der Waals surface area contributed by atoms with E-state index < -0.39 is 0 Å². The summed E-state index contributed by atoms with van der Waals surface area (Å²) >= 11 is 0. The first kappa shape index (κ1) is 10.6. The molecule has 0 aliphatic heterocycles. The fraction of sp³-hybridized carbons (Fsp3) is 0.133. The minimum atomic E-state index is 0.881. The molecule has 16 heavy (non-hydrogen) atoms. The van der Waals surface area contributed by atoms with E-state index in [1.54, 1.807) is 0 Å². The Kier molecular flexibility index (Phi) is 3.16. The summed E-state index contributed by atoms with van der Waals surface area (Å²) in [6.45, 7) is 5.83. The van der Waals surface area contributed by atoms with Crippen LogP contribution in [0.5, 0.6) is 0 Å². The molecule has 0 radical (unpaired) electrons. The molecule has 0 saturated heterocycles. The maximum atomic E-state index is 4.46.